The number of benzene rings is 1. The first-order valence-corrected chi connectivity index (χ1v) is 7.02. The fourth-order valence-electron chi connectivity index (χ4n) is 2.50. The third-order valence-electron chi connectivity index (χ3n) is 3.65. The fourth-order valence-corrected chi connectivity index (χ4v) is 2.50. The molecule has 1 aromatic rings. The van der Waals surface area contributed by atoms with Gasteiger partial charge in [0.05, 0.1) is 29.6 Å². The number of carbonyl (C=O) groups is 2. The first kappa shape index (κ1) is 18.1. The van der Waals surface area contributed by atoms with Crippen molar-refractivity contribution < 1.29 is 29.3 Å². The number of urea groups is 1. The predicted octanol–water partition coefficient (Wildman–Crippen LogP) is 0.109. The molecule has 2 rings (SSSR count). The fraction of sp³-hybridized carbons (Fsp3) is 0.385. The highest BCUT2D eigenvalue weighted by Gasteiger charge is 2.36. The first-order chi connectivity index (χ1) is 11.8. The van der Waals surface area contributed by atoms with Crippen LogP contribution in [-0.2, 0) is 16.0 Å². The molecular formula is C13H14N4O8. The molecule has 0 spiro atoms. The molecule has 12 heteroatoms. The number of nitrogens with one attached hydrogen (secondary N) is 1. The van der Waals surface area contributed by atoms with Crippen molar-refractivity contribution in [1.29, 1.82) is 0 Å². The van der Waals surface area contributed by atoms with Gasteiger partial charge in [-0.1, -0.05) is 0 Å². The maximum atomic E-state index is 12.3. The molecule has 1 aromatic carbocycles. The van der Waals surface area contributed by atoms with Crippen molar-refractivity contribution in [2.75, 3.05) is 25.2 Å². The van der Waals surface area contributed by atoms with Crippen LogP contribution in [0.4, 0.5) is 21.9 Å². The molecule has 1 aliphatic heterocycles. The number of anilines is 1. The summed E-state index contributed by atoms with van der Waals surface area (Å²) in [5.74, 6) is -0.881. The van der Waals surface area contributed by atoms with E-state index in [2.05, 4.69) is 10.1 Å². The lowest BCUT2D eigenvalue weighted by molar-refractivity contribution is -0.393. The normalized spacial score (nSPS) is 13.8. The number of carbonyl (C=O) groups excluding carboxylic acids is 2. The molecule has 0 unspecified atom stereocenters. The minimum absolute atomic E-state index is 0.0303. The van der Waals surface area contributed by atoms with E-state index < -0.39 is 45.9 Å². The molecule has 0 saturated heterocycles. The summed E-state index contributed by atoms with van der Waals surface area (Å²) in [6, 6.07) is -0.257. The average molecular weight is 354 g/mol. The molecule has 12 nitrogen and oxygen atoms in total. The number of amides is 2. The second-order valence-electron chi connectivity index (χ2n) is 5.10. The van der Waals surface area contributed by atoms with Crippen LogP contribution in [0.3, 0.4) is 0 Å². The zero-order chi connectivity index (χ0) is 18.7. The number of aliphatic hydroxyl groups is 1. The van der Waals surface area contributed by atoms with Gasteiger partial charge in [-0.2, -0.15) is 0 Å². The Morgan fingerprint density at radius 2 is 2.04 bits per heavy atom. The third kappa shape index (κ3) is 3.47. The number of nitro benzene ring substituents is 2. The van der Waals surface area contributed by atoms with Crippen molar-refractivity contribution in [3.8, 4) is 0 Å². The summed E-state index contributed by atoms with van der Waals surface area (Å²) in [6.07, 6.45) is 0.174. The zero-order valence-corrected chi connectivity index (χ0v) is 13.0. The Morgan fingerprint density at radius 3 is 2.56 bits per heavy atom. The van der Waals surface area contributed by atoms with Gasteiger partial charge in [-0.25, -0.2) is 9.59 Å². The third-order valence-corrected chi connectivity index (χ3v) is 3.65. The highest BCUT2D eigenvalue weighted by atomic mass is 16.6. The number of ether oxygens (including phenoxy) is 1. The van der Waals surface area contributed by atoms with Crippen molar-refractivity contribution in [1.82, 2.24) is 5.32 Å². The lowest BCUT2D eigenvalue weighted by Gasteiger charge is -2.21. The summed E-state index contributed by atoms with van der Waals surface area (Å²) in [4.78, 5) is 45.3. The number of nitro groups is 2. The van der Waals surface area contributed by atoms with Crippen LogP contribution >= 0.6 is 0 Å². The Kier molecular flexibility index (Phi) is 5.12. The minimum Gasteiger partial charge on any atom is -0.467 e. The van der Waals surface area contributed by atoms with Crippen LogP contribution in [-0.4, -0.2) is 53.3 Å². The molecule has 134 valence electrons. The number of methoxy groups -OCH3 is 1. The summed E-state index contributed by atoms with van der Waals surface area (Å²) >= 11 is 0. The second-order valence-corrected chi connectivity index (χ2v) is 5.10. The maximum absolute atomic E-state index is 12.3. The molecule has 1 aliphatic rings. The smallest absolute Gasteiger partial charge is 0.330 e. The molecular weight excluding hydrogens is 340 g/mol. The SMILES string of the molecule is COC(=O)[C@H](CO)NC(=O)N1CCc2cc([N+](=O)[O-])cc([N+](=O)[O-])c21. The van der Waals surface area contributed by atoms with E-state index in [1.54, 1.807) is 0 Å². The van der Waals surface area contributed by atoms with Crippen LogP contribution in [0, 0.1) is 20.2 Å². The van der Waals surface area contributed by atoms with Crippen molar-refractivity contribution >= 4 is 29.1 Å². The number of nitrogens with zero attached hydrogens (tertiary/aromatic N) is 3. The maximum Gasteiger partial charge on any atom is 0.330 e. The quantitative estimate of drug-likeness (QED) is 0.427. The number of rotatable bonds is 5. The Morgan fingerprint density at radius 1 is 1.36 bits per heavy atom. The molecule has 2 amide bonds. The summed E-state index contributed by atoms with van der Waals surface area (Å²) in [5, 5.41) is 33.5. The lowest BCUT2D eigenvalue weighted by atomic mass is 10.1. The van der Waals surface area contributed by atoms with Crippen molar-refractivity contribution in [2.45, 2.75) is 12.5 Å². The van der Waals surface area contributed by atoms with Gasteiger partial charge in [-0.05, 0) is 12.0 Å². The van der Waals surface area contributed by atoms with Gasteiger partial charge in [0.25, 0.3) is 11.4 Å². The number of hydrogen-bond acceptors (Lipinski definition) is 8. The summed E-state index contributed by atoms with van der Waals surface area (Å²) in [6.45, 7) is -0.691. The highest BCUT2D eigenvalue weighted by Crippen LogP contribution is 2.40. The number of fused-ring (bicyclic) bond motifs is 1. The van der Waals surface area contributed by atoms with E-state index in [9.17, 15) is 29.8 Å². The van der Waals surface area contributed by atoms with Gasteiger partial charge in [-0.3, -0.25) is 25.1 Å². The van der Waals surface area contributed by atoms with E-state index in [0.29, 0.717) is 0 Å². The van der Waals surface area contributed by atoms with Crippen LogP contribution in [0.25, 0.3) is 0 Å². The van der Waals surface area contributed by atoms with Crippen LogP contribution < -0.4 is 10.2 Å². The van der Waals surface area contributed by atoms with E-state index in [1.807, 2.05) is 0 Å². The number of hydrogen-bond donors (Lipinski definition) is 2. The van der Waals surface area contributed by atoms with Crippen LogP contribution in [0.5, 0.6) is 0 Å². The molecule has 25 heavy (non-hydrogen) atoms. The Labute approximate surface area is 140 Å². The lowest BCUT2D eigenvalue weighted by Crippen LogP contribution is -2.49. The second kappa shape index (κ2) is 7.09. The molecule has 0 bridgehead atoms. The largest absolute Gasteiger partial charge is 0.467 e. The van der Waals surface area contributed by atoms with Crippen LogP contribution in [0.15, 0.2) is 12.1 Å². The average Bonchev–Trinajstić information content (AvgIpc) is 3.01. The highest BCUT2D eigenvalue weighted by molar-refractivity contribution is 5.99. The monoisotopic (exact) mass is 354 g/mol. The molecule has 0 fully saturated rings. The molecule has 1 atom stereocenters. The summed E-state index contributed by atoms with van der Waals surface area (Å²) < 4.78 is 4.42. The summed E-state index contributed by atoms with van der Waals surface area (Å²) in [5.41, 5.74) is -0.838. The molecule has 0 radical (unpaired) electrons. The Hall–Kier alpha value is -3.28. The van der Waals surface area contributed by atoms with Gasteiger partial charge in [0.15, 0.2) is 6.04 Å². The molecule has 2 N–H and O–H groups in total. The van der Waals surface area contributed by atoms with Crippen molar-refractivity contribution in [3.63, 3.8) is 0 Å². The van der Waals surface area contributed by atoms with E-state index in [0.717, 1.165) is 18.1 Å². The number of esters is 1. The molecule has 0 aliphatic carbocycles. The number of non-ortho nitro benzene ring substituents is 1. The van der Waals surface area contributed by atoms with E-state index in [4.69, 9.17) is 5.11 Å². The van der Waals surface area contributed by atoms with Crippen molar-refractivity contribution in [3.05, 3.63) is 37.9 Å². The van der Waals surface area contributed by atoms with Gasteiger partial charge in [0, 0.05) is 12.6 Å². The molecule has 0 aromatic heterocycles. The van der Waals surface area contributed by atoms with Gasteiger partial charge in [0.2, 0.25) is 0 Å². The Balaban J connectivity index is 2.37. The molecule has 1 heterocycles. The van der Waals surface area contributed by atoms with Crippen LogP contribution in [0.1, 0.15) is 5.56 Å². The van der Waals surface area contributed by atoms with Gasteiger partial charge >= 0.3 is 12.0 Å². The van der Waals surface area contributed by atoms with E-state index in [1.165, 1.54) is 6.07 Å². The summed E-state index contributed by atoms with van der Waals surface area (Å²) in [7, 11) is 1.08. The number of aliphatic hydroxyl groups excluding tert-OH is 1. The minimum atomic E-state index is -1.33. The van der Waals surface area contributed by atoms with Crippen LogP contribution in [0.2, 0.25) is 0 Å². The topological polar surface area (TPSA) is 165 Å². The van der Waals surface area contributed by atoms with Crippen molar-refractivity contribution in [2.24, 2.45) is 0 Å². The first-order valence-electron chi connectivity index (χ1n) is 7.02. The standard InChI is InChI=1S/C13H14N4O8/c1-25-12(19)9(6-18)14-13(20)15-3-2-7-4-8(16(21)22)5-10(11(7)15)17(23)24/h4-5,9,18H,2-3,6H2,1H3,(H,14,20)/t9-/m0/s1. The predicted molar refractivity (Wildman–Crippen MR) is 82.2 cm³/mol. The van der Waals surface area contributed by atoms with Gasteiger partial charge in [-0.15, -0.1) is 0 Å². The Bertz CT molecular complexity index is 750. The van der Waals surface area contributed by atoms with Gasteiger partial charge < -0.3 is 15.2 Å². The van der Waals surface area contributed by atoms with E-state index in [-0.39, 0.29) is 24.2 Å². The zero-order valence-electron chi connectivity index (χ0n) is 13.0. The van der Waals surface area contributed by atoms with E-state index >= 15 is 0 Å². The molecule has 0 saturated carbocycles. The van der Waals surface area contributed by atoms with Gasteiger partial charge in [0.1, 0.15) is 5.69 Å².